The summed E-state index contributed by atoms with van der Waals surface area (Å²) in [6.45, 7) is 7.57. The minimum Gasteiger partial charge on any atom is -0.478 e. The molecule has 0 atom stereocenters. The Labute approximate surface area is 119 Å². The molecule has 1 aliphatic heterocycles. The van der Waals surface area contributed by atoms with Gasteiger partial charge in [-0.3, -0.25) is 9.88 Å². The summed E-state index contributed by atoms with van der Waals surface area (Å²) in [7, 11) is 0. The number of nitrogens with zero attached hydrogens (tertiary/aromatic N) is 3. The Kier molecular flexibility index (Phi) is 3.38. The van der Waals surface area contributed by atoms with Crippen LogP contribution < -0.4 is 4.90 Å². The van der Waals surface area contributed by atoms with Gasteiger partial charge in [0.2, 0.25) is 0 Å². The average molecular weight is 275 g/mol. The summed E-state index contributed by atoms with van der Waals surface area (Å²) in [5, 5.41) is 9.44. The molecule has 3 rings (SSSR count). The van der Waals surface area contributed by atoms with Gasteiger partial charge in [-0.2, -0.15) is 0 Å². The van der Waals surface area contributed by atoms with Gasteiger partial charge in [-0.05, 0) is 32.8 Å². The zero-order valence-electron chi connectivity index (χ0n) is 12.1. The predicted octanol–water partition coefficient (Wildman–Crippen LogP) is 1.68. The van der Waals surface area contributed by atoms with Crippen molar-refractivity contribution >= 4 is 11.7 Å². The second-order valence-corrected chi connectivity index (χ2v) is 5.80. The van der Waals surface area contributed by atoms with Crippen molar-refractivity contribution in [2.45, 2.75) is 32.7 Å². The Balaban J connectivity index is 1.84. The largest absolute Gasteiger partial charge is 0.478 e. The minimum absolute atomic E-state index is 0.357. The molecule has 1 saturated carbocycles. The number of aromatic carboxylic acids is 1. The number of aromatic nitrogens is 1. The van der Waals surface area contributed by atoms with Gasteiger partial charge < -0.3 is 10.0 Å². The summed E-state index contributed by atoms with van der Waals surface area (Å²) in [6, 6.07) is 2.69. The number of piperazine rings is 1. The summed E-state index contributed by atoms with van der Waals surface area (Å²) in [5.41, 5.74) is 2.68. The first kappa shape index (κ1) is 13.4. The molecule has 108 valence electrons. The third-order valence-electron chi connectivity index (χ3n) is 4.24. The van der Waals surface area contributed by atoms with Crippen LogP contribution in [0.4, 0.5) is 5.69 Å². The summed E-state index contributed by atoms with van der Waals surface area (Å²) < 4.78 is 0. The van der Waals surface area contributed by atoms with E-state index in [2.05, 4.69) is 14.8 Å². The summed E-state index contributed by atoms with van der Waals surface area (Å²) in [4.78, 5) is 20.5. The van der Waals surface area contributed by atoms with Crippen LogP contribution in [0.15, 0.2) is 6.07 Å². The van der Waals surface area contributed by atoms with E-state index in [1.807, 2.05) is 13.0 Å². The third kappa shape index (κ3) is 2.50. The van der Waals surface area contributed by atoms with Crippen LogP contribution >= 0.6 is 0 Å². The van der Waals surface area contributed by atoms with Crippen LogP contribution in [0.25, 0.3) is 0 Å². The number of anilines is 1. The highest BCUT2D eigenvalue weighted by Gasteiger charge is 2.32. The normalized spacial score (nSPS) is 20.2. The molecule has 1 N–H and O–H groups in total. The van der Waals surface area contributed by atoms with E-state index in [1.54, 1.807) is 6.92 Å². The van der Waals surface area contributed by atoms with Gasteiger partial charge in [-0.1, -0.05) is 0 Å². The van der Waals surface area contributed by atoms with E-state index in [0.717, 1.165) is 43.6 Å². The standard InChI is InChI=1S/C15H21N3O2/c1-10-9-13(14(15(19)20)11(2)16-10)18-7-5-17(6-8-18)12-3-4-12/h9,12H,3-8H2,1-2H3,(H,19,20). The molecule has 5 heteroatoms. The Morgan fingerprint density at radius 1 is 1.25 bits per heavy atom. The van der Waals surface area contributed by atoms with Crippen molar-refractivity contribution in [1.82, 2.24) is 9.88 Å². The first-order valence-corrected chi connectivity index (χ1v) is 7.27. The number of pyridine rings is 1. The third-order valence-corrected chi connectivity index (χ3v) is 4.24. The molecule has 5 nitrogen and oxygen atoms in total. The lowest BCUT2D eigenvalue weighted by Gasteiger charge is -2.37. The van der Waals surface area contributed by atoms with Gasteiger partial charge in [0.15, 0.2) is 0 Å². The van der Waals surface area contributed by atoms with Crippen LogP contribution in [0, 0.1) is 13.8 Å². The fraction of sp³-hybridized carbons (Fsp3) is 0.600. The van der Waals surface area contributed by atoms with Gasteiger partial charge >= 0.3 is 5.97 Å². The molecule has 0 spiro atoms. The summed E-state index contributed by atoms with van der Waals surface area (Å²) >= 11 is 0. The van der Waals surface area contributed by atoms with Crippen LogP contribution in [-0.2, 0) is 0 Å². The molecule has 2 aliphatic rings. The van der Waals surface area contributed by atoms with Gasteiger partial charge in [0.25, 0.3) is 0 Å². The van der Waals surface area contributed by atoms with Crippen LogP contribution in [0.3, 0.4) is 0 Å². The molecule has 1 aromatic rings. The van der Waals surface area contributed by atoms with Gasteiger partial charge in [0.05, 0.1) is 11.4 Å². The lowest BCUT2D eigenvalue weighted by atomic mass is 10.1. The van der Waals surface area contributed by atoms with E-state index in [4.69, 9.17) is 0 Å². The zero-order chi connectivity index (χ0) is 14.3. The van der Waals surface area contributed by atoms with Crippen molar-refractivity contribution in [3.05, 3.63) is 23.0 Å². The van der Waals surface area contributed by atoms with E-state index in [1.165, 1.54) is 12.8 Å². The smallest absolute Gasteiger partial charge is 0.339 e. The molecule has 0 amide bonds. The fourth-order valence-electron chi connectivity index (χ4n) is 3.09. The Bertz CT molecular complexity index is 532. The van der Waals surface area contributed by atoms with Gasteiger partial charge in [0, 0.05) is 37.9 Å². The number of hydrogen-bond donors (Lipinski definition) is 1. The van der Waals surface area contributed by atoms with E-state index in [9.17, 15) is 9.90 Å². The maximum Gasteiger partial charge on any atom is 0.339 e. The van der Waals surface area contributed by atoms with Gasteiger partial charge in [-0.25, -0.2) is 4.79 Å². The molecule has 2 fully saturated rings. The van der Waals surface area contributed by atoms with Crippen molar-refractivity contribution in [3.63, 3.8) is 0 Å². The lowest BCUT2D eigenvalue weighted by molar-refractivity contribution is 0.0696. The zero-order valence-corrected chi connectivity index (χ0v) is 12.1. The first-order valence-electron chi connectivity index (χ1n) is 7.27. The highest BCUT2D eigenvalue weighted by molar-refractivity contribution is 5.95. The number of aryl methyl sites for hydroxylation is 2. The molecule has 20 heavy (non-hydrogen) atoms. The summed E-state index contributed by atoms with van der Waals surface area (Å²) in [6.07, 6.45) is 2.65. The molecular formula is C15H21N3O2. The first-order chi connectivity index (χ1) is 9.56. The van der Waals surface area contributed by atoms with Gasteiger partial charge in [0.1, 0.15) is 5.56 Å². The highest BCUT2D eigenvalue weighted by atomic mass is 16.4. The van der Waals surface area contributed by atoms with Crippen molar-refractivity contribution in [3.8, 4) is 0 Å². The van der Waals surface area contributed by atoms with Crippen molar-refractivity contribution in [2.75, 3.05) is 31.1 Å². The molecule has 1 aliphatic carbocycles. The van der Waals surface area contributed by atoms with E-state index in [-0.39, 0.29) is 0 Å². The summed E-state index contributed by atoms with van der Waals surface area (Å²) in [5.74, 6) is -0.880. The predicted molar refractivity (Wildman–Crippen MR) is 77.5 cm³/mol. The lowest BCUT2D eigenvalue weighted by Crippen LogP contribution is -2.47. The van der Waals surface area contributed by atoms with Crippen molar-refractivity contribution in [1.29, 1.82) is 0 Å². The Morgan fingerprint density at radius 2 is 1.90 bits per heavy atom. The maximum absolute atomic E-state index is 11.5. The van der Waals surface area contributed by atoms with E-state index in [0.29, 0.717) is 11.3 Å². The second-order valence-electron chi connectivity index (χ2n) is 5.80. The topological polar surface area (TPSA) is 56.7 Å². The molecule has 0 bridgehead atoms. The average Bonchev–Trinajstić information content (AvgIpc) is 3.21. The molecule has 1 aromatic heterocycles. The molecule has 0 aromatic carbocycles. The van der Waals surface area contributed by atoms with Crippen LogP contribution in [-0.4, -0.2) is 53.2 Å². The Morgan fingerprint density at radius 3 is 2.45 bits per heavy atom. The number of hydrogen-bond acceptors (Lipinski definition) is 4. The number of rotatable bonds is 3. The van der Waals surface area contributed by atoms with Crippen LogP contribution in [0.2, 0.25) is 0 Å². The number of carboxylic acid groups (broad SMARTS) is 1. The maximum atomic E-state index is 11.5. The molecule has 0 unspecified atom stereocenters. The van der Waals surface area contributed by atoms with Gasteiger partial charge in [-0.15, -0.1) is 0 Å². The van der Waals surface area contributed by atoms with Crippen molar-refractivity contribution < 1.29 is 9.90 Å². The van der Waals surface area contributed by atoms with Crippen LogP contribution in [0.1, 0.15) is 34.6 Å². The molecule has 0 radical (unpaired) electrons. The molecule has 2 heterocycles. The van der Waals surface area contributed by atoms with E-state index >= 15 is 0 Å². The quantitative estimate of drug-likeness (QED) is 0.909. The number of carbonyl (C=O) groups is 1. The Hall–Kier alpha value is -1.62. The SMILES string of the molecule is Cc1cc(N2CCN(C3CC3)CC2)c(C(=O)O)c(C)n1. The van der Waals surface area contributed by atoms with Crippen molar-refractivity contribution in [2.24, 2.45) is 0 Å². The molecular weight excluding hydrogens is 254 g/mol. The highest BCUT2D eigenvalue weighted by Crippen LogP contribution is 2.30. The minimum atomic E-state index is -0.880. The monoisotopic (exact) mass is 275 g/mol. The van der Waals surface area contributed by atoms with E-state index < -0.39 is 5.97 Å². The fourth-order valence-corrected chi connectivity index (χ4v) is 3.09. The second kappa shape index (κ2) is 5.05. The van der Waals surface area contributed by atoms with Crippen LogP contribution in [0.5, 0.6) is 0 Å². The number of carboxylic acids is 1. The molecule has 1 saturated heterocycles.